The maximum atomic E-state index is 12.4. The number of amides is 1. The minimum absolute atomic E-state index is 0.0662. The van der Waals surface area contributed by atoms with Gasteiger partial charge in [0, 0.05) is 6.04 Å². The normalized spacial score (nSPS) is 33.6. The van der Waals surface area contributed by atoms with Gasteiger partial charge >= 0.3 is 5.97 Å². The standard InChI is InChI=1S/C16H25NO3/c1-2-11-6-5-7-12(10-11)17-15(18)13-8-3-4-9-14(13)16(19)20/h3-4,11-14H,2,5-10H2,1H3,(H,17,18)(H,19,20). The van der Waals surface area contributed by atoms with Crippen molar-refractivity contribution in [3.05, 3.63) is 12.2 Å². The van der Waals surface area contributed by atoms with Crippen LogP contribution in [0.25, 0.3) is 0 Å². The van der Waals surface area contributed by atoms with Gasteiger partial charge in [0.05, 0.1) is 11.8 Å². The number of carboxylic acids is 1. The molecule has 112 valence electrons. The summed E-state index contributed by atoms with van der Waals surface area (Å²) in [5.74, 6) is -1.19. The third-order valence-electron chi connectivity index (χ3n) is 4.79. The molecule has 1 fully saturated rings. The van der Waals surface area contributed by atoms with Crippen molar-refractivity contribution in [1.29, 1.82) is 0 Å². The minimum atomic E-state index is -0.857. The number of aliphatic carboxylic acids is 1. The molecule has 2 aliphatic carbocycles. The van der Waals surface area contributed by atoms with Crippen LogP contribution in [-0.4, -0.2) is 23.0 Å². The van der Waals surface area contributed by atoms with E-state index in [1.54, 1.807) is 0 Å². The van der Waals surface area contributed by atoms with Gasteiger partial charge in [0.2, 0.25) is 5.91 Å². The zero-order valence-electron chi connectivity index (χ0n) is 12.2. The van der Waals surface area contributed by atoms with Crippen LogP contribution < -0.4 is 5.32 Å². The number of rotatable bonds is 4. The summed E-state index contributed by atoms with van der Waals surface area (Å²) in [6.45, 7) is 2.20. The maximum absolute atomic E-state index is 12.4. The van der Waals surface area contributed by atoms with Gasteiger partial charge in [0.1, 0.15) is 0 Å². The molecule has 4 heteroatoms. The molecule has 0 heterocycles. The van der Waals surface area contributed by atoms with Crippen molar-refractivity contribution in [2.75, 3.05) is 0 Å². The Morgan fingerprint density at radius 3 is 2.55 bits per heavy atom. The molecule has 2 aliphatic rings. The van der Waals surface area contributed by atoms with Gasteiger partial charge in [-0.1, -0.05) is 38.3 Å². The van der Waals surface area contributed by atoms with E-state index in [-0.39, 0.29) is 11.9 Å². The van der Waals surface area contributed by atoms with Crippen LogP contribution in [0.2, 0.25) is 0 Å². The summed E-state index contributed by atoms with van der Waals surface area (Å²) in [6, 6.07) is 0.238. The monoisotopic (exact) mass is 279 g/mol. The van der Waals surface area contributed by atoms with E-state index in [0.717, 1.165) is 25.7 Å². The van der Waals surface area contributed by atoms with Crippen LogP contribution >= 0.6 is 0 Å². The van der Waals surface area contributed by atoms with Crippen LogP contribution in [0.1, 0.15) is 51.9 Å². The molecule has 0 spiro atoms. The molecule has 4 unspecified atom stereocenters. The Morgan fingerprint density at radius 2 is 1.90 bits per heavy atom. The molecule has 2 N–H and O–H groups in total. The van der Waals surface area contributed by atoms with Gasteiger partial charge in [-0.05, 0) is 31.6 Å². The fourth-order valence-electron chi connectivity index (χ4n) is 3.48. The van der Waals surface area contributed by atoms with E-state index in [1.807, 2.05) is 12.2 Å². The lowest BCUT2D eigenvalue weighted by Crippen LogP contribution is -2.45. The van der Waals surface area contributed by atoms with Crippen molar-refractivity contribution >= 4 is 11.9 Å². The molecule has 1 amide bonds. The zero-order chi connectivity index (χ0) is 14.5. The SMILES string of the molecule is CCC1CCCC(NC(=O)C2CC=CCC2C(=O)O)C1. The number of hydrogen-bond donors (Lipinski definition) is 2. The van der Waals surface area contributed by atoms with Crippen LogP contribution in [0, 0.1) is 17.8 Å². The summed E-state index contributed by atoms with van der Waals surface area (Å²) >= 11 is 0. The number of carbonyl (C=O) groups is 2. The Morgan fingerprint density at radius 1 is 1.20 bits per heavy atom. The zero-order valence-corrected chi connectivity index (χ0v) is 12.2. The van der Waals surface area contributed by atoms with Gasteiger partial charge in [-0.2, -0.15) is 0 Å². The van der Waals surface area contributed by atoms with E-state index in [9.17, 15) is 14.7 Å². The number of carboxylic acid groups (broad SMARTS) is 1. The average Bonchev–Trinajstić information content (AvgIpc) is 2.47. The predicted molar refractivity (Wildman–Crippen MR) is 77.2 cm³/mol. The molecule has 0 aromatic rings. The highest BCUT2D eigenvalue weighted by atomic mass is 16.4. The first-order chi connectivity index (χ1) is 9.61. The number of carbonyl (C=O) groups excluding carboxylic acids is 1. The van der Waals surface area contributed by atoms with Crippen molar-refractivity contribution in [2.24, 2.45) is 17.8 Å². The number of allylic oxidation sites excluding steroid dienone is 2. The van der Waals surface area contributed by atoms with E-state index >= 15 is 0 Å². The second-order valence-corrected chi connectivity index (χ2v) is 6.14. The van der Waals surface area contributed by atoms with Crippen LogP contribution in [0.4, 0.5) is 0 Å². The molecule has 0 bridgehead atoms. The summed E-state index contributed by atoms with van der Waals surface area (Å²) in [5, 5.41) is 12.3. The van der Waals surface area contributed by atoms with Crippen LogP contribution in [0.5, 0.6) is 0 Å². The van der Waals surface area contributed by atoms with Gasteiger partial charge < -0.3 is 10.4 Å². The molecule has 4 atom stereocenters. The van der Waals surface area contributed by atoms with Crippen LogP contribution in [0.15, 0.2) is 12.2 Å². The topological polar surface area (TPSA) is 66.4 Å². The van der Waals surface area contributed by atoms with E-state index in [4.69, 9.17) is 0 Å². The lowest BCUT2D eigenvalue weighted by molar-refractivity contribution is -0.147. The fourth-order valence-corrected chi connectivity index (χ4v) is 3.48. The first-order valence-electron chi connectivity index (χ1n) is 7.80. The van der Waals surface area contributed by atoms with Gasteiger partial charge in [0.25, 0.3) is 0 Å². The molecule has 0 aliphatic heterocycles. The van der Waals surface area contributed by atoms with Gasteiger partial charge in [0.15, 0.2) is 0 Å². The third kappa shape index (κ3) is 3.62. The highest BCUT2D eigenvalue weighted by Crippen LogP contribution is 2.29. The molecular weight excluding hydrogens is 254 g/mol. The Hall–Kier alpha value is -1.32. The van der Waals surface area contributed by atoms with Gasteiger partial charge in [-0.25, -0.2) is 0 Å². The summed E-state index contributed by atoms with van der Waals surface area (Å²) < 4.78 is 0. The van der Waals surface area contributed by atoms with Crippen molar-refractivity contribution < 1.29 is 14.7 Å². The van der Waals surface area contributed by atoms with Crippen LogP contribution in [-0.2, 0) is 9.59 Å². The van der Waals surface area contributed by atoms with E-state index in [2.05, 4.69) is 12.2 Å². The molecular formula is C16H25NO3. The molecule has 0 saturated heterocycles. The van der Waals surface area contributed by atoms with Gasteiger partial charge in [-0.3, -0.25) is 9.59 Å². The fraction of sp³-hybridized carbons (Fsp3) is 0.750. The molecule has 2 rings (SSSR count). The second kappa shape index (κ2) is 6.91. The van der Waals surface area contributed by atoms with E-state index in [0.29, 0.717) is 18.8 Å². The molecule has 0 radical (unpaired) electrons. The van der Waals surface area contributed by atoms with Crippen molar-refractivity contribution in [3.63, 3.8) is 0 Å². The minimum Gasteiger partial charge on any atom is -0.481 e. The summed E-state index contributed by atoms with van der Waals surface area (Å²) in [6.07, 6.45) is 10.5. The molecule has 1 saturated carbocycles. The van der Waals surface area contributed by atoms with E-state index < -0.39 is 17.8 Å². The third-order valence-corrected chi connectivity index (χ3v) is 4.79. The number of nitrogens with one attached hydrogen (secondary N) is 1. The predicted octanol–water partition coefficient (Wildman–Crippen LogP) is 2.74. The largest absolute Gasteiger partial charge is 0.481 e. The summed E-state index contributed by atoms with van der Waals surface area (Å²) in [4.78, 5) is 23.6. The van der Waals surface area contributed by atoms with Crippen molar-refractivity contribution in [1.82, 2.24) is 5.32 Å². The quantitative estimate of drug-likeness (QED) is 0.778. The van der Waals surface area contributed by atoms with Crippen molar-refractivity contribution in [3.8, 4) is 0 Å². The number of hydrogen-bond acceptors (Lipinski definition) is 2. The highest BCUT2D eigenvalue weighted by molar-refractivity contribution is 5.85. The maximum Gasteiger partial charge on any atom is 0.307 e. The van der Waals surface area contributed by atoms with E-state index in [1.165, 1.54) is 6.42 Å². The molecule has 20 heavy (non-hydrogen) atoms. The summed E-state index contributed by atoms with van der Waals surface area (Å²) in [7, 11) is 0. The Balaban J connectivity index is 1.93. The lowest BCUT2D eigenvalue weighted by atomic mass is 9.81. The molecule has 0 aromatic heterocycles. The Kier molecular flexibility index (Phi) is 5.21. The van der Waals surface area contributed by atoms with Gasteiger partial charge in [-0.15, -0.1) is 0 Å². The lowest BCUT2D eigenvalue weighted by Gasteiger charge is -2.32. The average molecular weight is 279 g/mol. The first kappa shape index (κ1) is 15.1. The van der Waals surface area contributed by atoms with Crippen molar-refractivity contribution in [2.45, 2.75) is 57.9 Å². The molecule has 4 nitrogen and oxygen atoms in total. The Bertz CT molecular complexity index is 391. The first-order valence-corrected chi connectivity index (χ1v) is 7.80. The highest BCUT2D eigenvalue weighted by Gasteiger charge is 2.35. The smallest absolute Gasteiger partial charge is 0.307 e. The molecule has 0 aromatic carbocycles. The Labute approximate surface area is 120 Å². The van der Waals surface area contributed by atoms with Crippen LogP contribution in [0.3, 0.4) is 0 Å². The second-order valence-electron chi connectivity index (χ2n) is 6.14. The summed E-state index contributed by atoms with van der Waals surface area (Å²) in [5.41, 5.74) is 0.